The van der Waals surface area contributed by atoms with E-state index in [-0.39, 0.29) is 30.4 Å². The molecule has 1 aromatic heterocycles. The molecule has 3 aromatic rings. The quantitative estimate of drug-likeness (QED) is 0.486. The van der Waals surface area contributed by atoms with Crippen molar-refractivity contribution in [2.75, 3.05) is 17.5 Å². The van der Waals surface area contributed by atoms with Crippen LogP contribution in [0.5, 0.6) is 0 Å². The minimum absolute atomic E-state index is 0.106. The van der Waals surface area contributed by atoms with Crippen LogP contribution in [0.3, 0.4) is 0 Å². The molecule has 38 heavy (non-hydrogen) atoms. The van der Waals surface area contributed by atoms with E-state index in [1.807, 2.05) is 26.0 Å². The van der Waals surface area contributed by atoms with Gasteiger partial charge in [-0.2, -0.15) is 5.10 Å². The number of sulfonamides is 1. The zero-order valence-corrected chi connectivity index (χ0v) is 23.4. The first-order valence-corrected chi connectivity index (χ1v) is 14.8. The van der Waals surface area contributed by atoms with Gasteiger partial charge in [0.2, 0.25) is 10.0 Å². The molecule has 0 saturated heterocycles. The number of carbonyl (C=O) groups is 2. The average Bonchev–Trinajstić information content (AvgIpc) is 3.22. The van der Waals surface area contributed by atoms with Gasteiger partial charge in [0.05, 0.1) is 41.1 Å². The molecule has 0 spiro atoms. The molecule has 2 atom stereocenters. The van der Waals surface area contributed by atoms with E-state index in [0.29, 0.717) is 46.5 Å². The van der Waals surface area contributed by atoms with Gasteiger partial charge in [-0.1, -0.05) is 35.3 Å². The van der Waals surface area contributed by atoms with Crippen LogP contribution in [0.1, 0.15) is 57.6 Å². The Morgan fingerprint density at radius 1 is 1.11 bits per heavy atom. The molecule has 1 N–H and O–H groups in total. The first-order valence-electron chi connectivity index (χ1n) is 12.2. The lowest BCUT2D eigenvalue weighted by Crippen LogP contribution is -2.44. The third kappa shape index (κ3) is 5.00. The number of anilines is 1. The Bertz CT molecular complexity index is 1540. The second-order valence-corrected chi connectivity index (χ2v) is 12.3. The van der Waals surface area contributed by atoms with Crippen molar-refractivity contribution in [1.29, 1.82) is 0 Å². The third-order valence-electron chi connectivity index (χ3n) is 7.09. The summed E-state index contributed by atoms with van der Waals surface area (Å²) in [6, 6.07) is 11.5. The topological polar surface area (TPSA) is 105 Å². The smallest absolute Gasteiger partial charge is 0.273 e. The molecule has 12 heteroatoms. The zero-order valence-electron chi connectivity index (χ0n) is 21.1. The summed E-state index contributed by atoms with van der Waals surface area (Å²) >= 11 is 12.2. The van der Waals surface area contributed by atoms with Gasteiger partial charge in [-0.25, -0.2) is 8.42 Å². The van der Waals surface area contributed by atoms with Gasteiger partial charge in [0, 0.05) is 35.8 Å². The van der Waals surface area contributed by atoms with Crippen molar-refractivity contribution in [2.45, 2.75) is 45.4 Å². The Labute approximate surface area is 231 Å². The number of halogens is 2. The Hall–Kier alpha value is -3.08. The van der Waals surface area contributed by atoms with E-state index in [0.717, 1.165) is 23.1 Å². The minimum atomic E-state index is -3.38. The second kappa shape index (κ2) is 9.91. The summed E-state index contributed by atoms with van der Waals surface area (Å²) in [6.07, 6.45) is 1.64. The number of nitrogens with one attached hydrogen (secondary N) is 1. The summed E-state index contributed by atoms with van der Waals surface area (Å²) in [5.74, 6) is -0.328. The monoisotopic (exact) mass is 575 g/mol. The summed E-state index contributed by atoms with van der Waals surface area (Å²) in [6.45, 7) is 5.21. The third-order valence-corrected chi connectivity index (χ3v) is 8.44. The Morgan fingerprint density at radius 2 is 1.82 bits per heavy atom. The minimum Gasteiger partial charge on any atom is -0.331 e. The van der Waals surface area contributed by atoms with Crippen molar-refractivity contribution >= 4 is 50.7 Å². The number of fused-ring (bicyclic) bond motifs is 3. The number of amides is 2. The number of carbonyl (C=O) groups excluding carboxylic acids is 2. The molecule has 2 aliphatic rings. The Morgan fingerprint density at radius 3 is 2.47 bits per heavy atom. The maximum atomic E-state index is 13.8. The summed E-state index contributed by atoms with van der Waals surface area (Å²) in [7, 11) is -3.38. The van der Waals surface area contributed by atoms with E-state index in [2.05, 4.69) is 4.72 Å². The van der Waals surface area contributed by atoms with Crippen molar-refractivity contribution in [3.05, 3.63) is 80.6 Å². The molecule has 3 heterocycles. The van der Waals surface area contributed by atoms with Crippen LogP contribution in [0, 0.1) is 0 Å². The van der Waals surface area contributed by atoms with Crippen molar-refractivity contribution < 1.29 is 18.0 Å². The highest BCUT2D eigenvalue weighted by atomic mass is 35.5. The molecular weight excluding hydrogens is 549 g/mol. The first-order chi connectivity index (χ1) is 17.9. The molecule has 0 saturated carbocycles. The molecule has 0 fully saturated rings. The Kier molecular flexibility index (Phi) is 6.91. The molecule has 2 aromatic carbocycles. The standard InChI is InChI=1S/C26H27Cl2N5O4S/c1-15-12-23-20(14-32(15)25(34)18-6-9-21(27)22(28)13-18)24-26(35)31(10-11-33(24)29-23)16(2)17-4-7-19(8-5-17)30-38(3,36)37/h4-9,13,15-16,30H,10-12,14H2,1-3H3/t15-,16+/m1/s1. The number of benzene rings is 2. The van der Waals surface area contributed by atoms with Crippen LogP contribution in [-0.4, -0.2) is 58.7 Å². The van der Waals surface area contributed by atoms with Crippen molar-refractivity contribution in [2.24, 2.45) is 0 Å². The van der Waals surface area contributed by atoms with Crippen LogP contribution in [0.4, 0.5) is 5.69 Å². The lowest BCUT2D eigenvalue weighted by Gasteiger charge is -2.35. The molecule has 9 nitrogen and oxygen atoms in total. The lowest BCUT2D eigenvalue weighted by atomic mass is 9.97. The maximum Gasteiger partial charge on any atom is 0.273 e. The van der Waals surface area contributed by atoms with Gasteiger partial charge < -0.3 is 9.80 Å². The molecule has 2 amide bonds. The number of nitrogens with zero attached hydrogens (tertiary/aromatic N) is 4. The van der Waals surface area contributed by atoms with Gasteiger partial charge >= 0.3 is 0 Å². The zero-order chi connectivity index (χ0) is 27.4. The highest BCUT2D eigenvalue weighted by Gasteiger charge is 2.38. The summed E-state index contributed by atoms with van der Waals surface area (Å²) in [5, 5.41) is 5.41. The summed E-state index contributed by atoms with van der Waals surface area (Å²) in [5.41, 5.74) is 3.89. The van der Waals surface area contributed by atoms with E-state index >= 15 is 0 Å². The molecule has 0 radical (unpaired) electrons. The number of hydrogen-bond donors (Lipinski definition) is 1. The number of hydrogen-bond acceptors (Lipinski definition) is 5. The largest absolute Gasteiger partial charge is 0.331 e. The Balaban J connectivity index is 1.39. The van der Waals surface area contributed by atoms with E-state index < -0.39 is 10.0 Å². The predicted molar refractivity (Wildman–Crippen MR) is 146 cm³/mol. The number of rotatable bonds is 5. The highest BCUT2D eigenvalue weighted by molar-refractivity contribution is 7.92. The molecule has 0 aliphatic carbocycles. The van der Waals surface area contributed by atoms with Crippen molar-refractivity contribution in [3.63, 3.8) is 0 Å². The van der Waals surface area contributed by atoms with Crippen molar-refractivity contribution in [3.8, 4) is 0 Å². The van der Waals surface area contributed by atoms with Gasteiger partial charge in [0.25, 0.3) is 11.8 Å². The van der Waals surface area contributed by atoms with Gasteiger partial charge in [-0.3, -0.25) is 19.0 Å². The molecule has 200 valence electrons. The van der Waals surface area contributed by atoms with Gasteiger partial charge in [0.1, 0.15) is 5.69 Å². The molecule has 0 bridgehead atoms. The fraction of sp³-hybridized carbons (Fsp3) is 0.346. The van der Waals surface area contributed by atoms with E-state index in [1.54, 1.807) is 44.8 Å². The van der Waals surface area contributed by atoms with E-state index in [4.69, 9.17) is 28.3 Å². The molecule has 0 unspecified atom stereocenters. The highest BCUT2D eigenvalue weighted by Crippen LogP contribution is 2.33. The van der Waals surface area contributed by atoms with E-state index in [9.17, 15) is 18.0 Å². The number of aromatic nitrogens is 2. The van der Waals surface area contributed by atoms with Crippen LogP contribution in [0.2, 0.25) is 10.0 Å². The van der Waals surface area contributed by atoms with Gasteiger partial charge in [0.15, 0.2) is 0 Å². The molecular formula is C26H27Cl2N5O4S. The summed E-state index contributed by atoms with van der Waals surface area (Å²) < 4.78 is 27.2. The van der Waals surface area contributed by atoms with Gasteiger partial charge in [-0.05, 0) is 49.7 Å². The first kappa shape index (κ1) is 26.5. The molecule has 5 rings (SSSR count). The van der Waals surface area contributed by atoms with Gasteiger partial charge in [-0.15, -0.1) is 0 Å². The summed E-state index contributed by atoms with van der Waals surface area (Å²) in [4.78, 5) is 30.7. The fourth-order valence-corrected chi connectivity index (χ4v) is 5.96. The van der Waals surface area contributed by atoms with Crippen LogP contribution in [-0.2, 0) is 29.5 Å². The average molecular weight is 577 g/mol. The van der Waals surface area contributed by atoms with Crippen LogP contribution in [0.15, 0.2) is 42.5 Å². The normalized spacial score (nSPS) is 18.1. The predicted octanol–water partition coefficient (Wildman–Crippen LogP) is 4.37. The SMILES string of the molecule is C[C@@H]1Cc2nn3c(c2CN1C(=O)c1ccc(Cl)c(Cl)c1)C(=O)N([C@@H](C)c1ccc(NS(C)(=O)=O)cc1)CC3. The maximum absolute atomic E-state index is 13.8. The fourth-order valence-electron chi connectivity index (χ4n) is 5.10. The van der Waals surface area contributed by atoms with Crippen LogP contribution in [0.25, 0.3) is 0 Å². The molecule has 2 aliphatic heterocycles. The van der Waals surface area contributed by atoms with E-state index in [1.165, 1.54) is 0 Å². The van der Waals surface area contributed by atoms with Crippen molar-refractivity contribution in [1.82, 2.24) is 19.6 Å². The van der Waals surface area contributed by atoms with Crippen LogP contribution >= 0.6 is 23.2 Å². The van der Waals surface area contributed by atoms with Crippen LogP contribution < -0.4 is 4.72 Å². The lowest BCUT2D eigenvalue weighted by molar-refractivity contribution is 0.0605. The second-order valence-electron chi connectivity index (χ2n) is 9.78.